The van der Waals surface area contributed by atoms with Gasteiger partial charge in [-0.2, -0.15) is 5.38 Å². The van der Waals surface area contributed by atoms with Crippen LogP contribution in [0.1, 0.15) is 4.88 Å². The first-order valence-corrected chi connectivity index (χ1v) is 2.69. The molecule has 0 aliphatic carbocycles. The molecule has 0 bridgehead atoms. The Morgan fingerprint density at radius 2 is 2.43 bits per heavy atom. The van der Waals surface area contributed by atoms with E-state index in [2.05, 4.69) is 6.07 Å². The van der Waals surface area contributed by atoms with Crippen molar-refractivity contribution < 1.29 is 18.9 Å². The molecule has 0 atom stereocenters. The molecule has 2 heteroatoms. The van der Waals surface area contributed by atoms with Crippen molar-refractivity contribution in [3.63, 3.8) is 0 Å². The molecule has 32 valence electrons. The monoisotopic (exact) mass is 104 g/mol. The Kier molecular flexibility index (Phi) is 3.46. The van der Waals surface area contributed by atoms with Gasteiger partial charge in [0.1, 0.15) is 0 Å². The second-order valence-corrected chi connectivity index (χ2v) is 2.24. The third kappa shape index (κ3) is 2.18. The van der Waals surface area contributed by atoms with Crippen LogP contribution in [0.25, 0.3) is 0 Å². The summed E-state index contributed by atoms with van der Waals surface area (Å²) in [4.78, 5) is 1.26. The van der Waals surface area contributed by atoms with Crippen LogP contribution >= 0.6 is 11.3 Å². The molecule has 7 heavy (non-hydrogen) atoms. The topological polar surface area (TPSA) is 0 Å². The predicted molar refractivity (Wildman–Crippen MR) is 27.9 cm³/mol. The van der Waals surface area contributed by atoms with Gasteiger partial charge < -0.3 is 0 Å². The zero-order chi connectivity index (χ0) is 4.41. The molecule has 1 heterocycles. The van der Waals surface area contributed by atoms with E-state index >= 15 is 0 Å². The van der Waals surface area contributed by atoms with E-state index in [9.17, 15) is 0 Å². The minimum atomic E-state index is 0. The summed E-state index contributed by atoms with van der Waals surface area (Å²) in [6.07, 6.45) is 0. The molecule has 0 fully saturated rings. The Balaban J connectivity index is 0.000000360. The third-order valence-corrected chi connectivity index (χ3v) is 1.34. The number of thiophene rings is 1. The van der Waals surface area contributed by atoms with Crippen LogP contribution in [0.4, 0.5) is 0 Å². The Labute approximate surface area is 59.7 Å². The molecule has 0 aliphatic rings. The summed E-state index contributed by atoms with van der Waals surface area (Å²) in [5, 5.41) is 2.02. The Hall–Kier alpha value is 0.297. The predicted octanol–water partition coefficient (Wildman–Crippen LogP) is -1.14. The maximum Gasteiger partial charge on any atom is 1.00 e. The third-order valence-electron chi connectivity index (χ3n) is 0.599. The van der Waals surface area contributed by atoms with E-state index in [-0.39, 0.29) is 18.9 Å². The summed E-state index contributed by atoms with van der Waals surface area (Å²) in [5.41, 5.74) is 0. The van der Waals surface area contributed by atoms with Gasteiger partial charge in [0.2, 0.25) is 0 Å². The van der Waals surface area contributed by atoms with Gasteiger partial charge in [-0.25, -0.2) is 12.1 Å². The van der Waals surface area contributed by atoms with E-state index in [1.165, 1.54) is 4.88 Å². The fourth-order valence-corrected chi connectivity index (χ4v) is 0.798. The van der Waals surface area contributed by atoms with Crippen molar-refractivity contribution in [2.45, 2.75) is 6.92 Å². The fraction of sp³-hybridized carbons (Fsp3) is 0.200. The van der Waals surface area contributed by atoms with Crippen LogP contribution in [0.2, 0.25) is 0 Å². The molecular weight excluding hydrogens is 99.1 g/mol. The van der Waals surface area contributed by atoms with Crippen LogP contribution in [-0.2, 0) is 0 Å². The van der Waals surface area contributed by atoms with Crippen molar-refractivity contribution in [2.75, 3.05) is 0 Å². The smallest absolute Gasteiger partial charge is 0.270 e. The summed E-state index contributed by atoms with van der Waals surface area (Å²) in [5.74, 6) is 0. The maximum absolute atomic E-state index is 3.02. The Bertz CT molecular complexity index is 112. The molecule has 0 N–H and O–H groups in total. The summed E-state index contributed by atoms with van der Waals surface area (Å²) in [6.45, 7) is 2.05. The van der Waals surface area contributed by atoms with Gasteiger partial charge >= 0.3 is 18.9 Å². The van der Waals surface area contributed by atoms with Crippen LogP contribution in [-0.4, -0.2) is 0 Å². The van der Waals surface area contributed by atoms with Crippen LogP contribution in [0.3, 0.4) is 0 Å². The first-order chi connectivity index (χ1) is 2.89. The van der Waals surface area contributed by atoms with Crippen molar-refractivity contribution in [3.8, 4) is 0 Å². The zero-order valence-electron chi connectivity index (χ0n) is 4.56. The molecule has 0 spiro atoms. The molecule has 0 aromatic carbocycles. The average molecular weight is 104 g/mol. The van der Waals surface area contributed by atoms with E-state index in [4.69, 9.17) is 0 Å². The summed E-state index contributed by atoms with van der Waals surface area (Å²) < 4.78 is 0. The molecule has 1 aromatic heterocycles. The summed E-state index contributed by atoms with van der Waals surface area (Å²) >= 11 is 1.72. The van der Waals surface area contributed by atoms with Gasteiger partial charge in [-0.1, -0.05) is 0 Å². The Morgan fingerprint density at radius 3 is 2.57 bits per heavy atom. The molecule has 0 nitrogen and oxygen atoms in total. The molecule has 0 unspecified atom stereocenters. The van der Waals surface area contributed by atoms with Gasteiger partial charge in [-0.3, -0.25) is 11.3 Å². The summed E-state index contributed by atoms with van der Waals surface area (Å²) in [6, 6.07) is 4.95. The quantitative estimate of drug-likeness (QED) is 0.288. The van der Waals surface area contributed by atoms with Gasteiger partial charge in [0.05, 0.1) is 0 Å². The number of aryl methyl sites for hydroxylation is 1. The second-order valence-electron chi connectivity index (χ2n) is 1.12. The van der Waals surface area contributed by atoms with Gasteiger partial charge in [0, 0.05) is 0 Å². The van der Waals surface area contributed by atoms with E-state index in [1.807, 2.05) is 18.4 Å². The number of hydrogen-bond acceptors (Lipinski definition) is 1. The average Bonchev–Trinajstić information content (AvgIpc) is 1.86. The molecule has 1 aromatic rings. The van der Waals surface area contributed by atoms with Crippen LogP contribution in [0.5, 0.6) is 0 Å². The molecule has 0 amide bonds. The van der Waals surface area contributed by atoms with E-state index in [0.29, 0.717) is 0 Å². The van der Waals surface area contributed by atoms with Gasteiger partial charge in [-0.05, 0) is 6.92 Å². The molecular formula is C5H5LiS. The second kappa shape index (κ2) is 3.32. The minimum absolute atomic E-state index is 0. The molecule has 0 radical (unpaired) electrons. The van der Waals surface area contributed by atoms with Crippen LogP contribution in [0, 0.1) is 13.0 Å². The molecule has 0 saturated heterocycles. The molecule has 0 aliphatic heterocycles. The van der Waals surface area contributed by atoms with Crippen molar-refractivity contribution in [1.82, 2.24) is 0 Å². The van der Waals surface area contributed by atoms with Gasteiger partial charge in [0.25, 0.3) is 0 Å². The fourth-order valence-electron chi connectivity index (χ4n) is 0.321. The normalized spacial score (nSPS) is 7.57. The standard InChI is InChI=1S/C5H5S.Li/c1-5-3-2-4-6-5;/h2,4H,1H3;/q-1;+1. The van der Waals surface area contributed by atoms with Crippen molar-refractivity contribution in [2.24, 2.45) is 0 Å². The minimum Gasteiger partial charge on any atom is -0.270 e. The van der Waals surface area contributed by atoms with Crippen molar-refractivity contribution in [3.05, 3.63) is 22.4 Å². The van der Waals surface area contributed by atoms with E-state index < -0.39 is 0 Å². The van der Waals surface area contributed by atoms with Crippen molar-refractivity contribution >= 4 is 11.3 Å². The SMILES string of the molecule is Cc1[c-]ccs1.[Li+]. The van der Waals surface area contributed by atoms with Gasteiger partial charge in [-0.15, -0.1) is 4.88 Å². The first-order valence-electron chi connectivity index (χ1n) is 1.81. The number of rotatable bonds is 0. The Morgan fingerprint density at radius 1 is 1.71 bits per heavy atom. The van der Waals surface area contributed by atoms with Crippen LogP contribution in [0.15, 0.2) is 11.4 Å². The zero-order valence-corrected chi connectivity index (χ0v) is 5.38. The van der Waals surface area contributed by atoms with Gasteiger partial charge in [0.15, 0.2) is 0 Å². The molecule has 0 saturated carbocycles. The van der Waals surface area contributed by atoms with E-state index in [1.54, 1.807) is 11.3 Å². The molecule has 1 rings (SSSR count). The van der Waals surface area contributed by atoms with E-state index in [0.717, 1.165) is 0 Å². The first kappa shape index (κ1) is 7.30. The maximum atomic E-state index is 3.02. The largest absolute Gasteiger partial charge is 1.00 e. The number of hydrogen-bond donors (Lipinski definition) is 0. The van der Waals surface area contributed by atoms with Crippen LogP contribution < -0.4 is 18.9 Å². The summed E-state index contributed by atoms with van der Waals surface area (Å²) in [7, 11) is 0. The van der Waals surface area contributed by atoms with Crippen molar-refractivity contribution in [1.29, 1.82) is 0 Å².